The SMILES string of the molecule is CC(C)C(C)(C)OC(=O)CCC(=O)OC(C)(C)C(C)C. The largest absolute Gasteiger partial charge is 0.459 e. The van der Waals surface area contributed by atoms with Gasteiger partial charge in [0.15, 0.2) is 0 Å². The number of carbonyl (C=O) groups excluding carboxylic acids is 2. The van der Waals surface area contributed by atoms with Crippen molar-refractivity contribution in [3.8, 4) is 0 Å². The third-order valence-corrected chi connectivity index (χ3v) is 4.07. The number of hydrogen-bond donors (Lipinski definition) is 0. The van der Waals surface area contributed by atoms with Gasteiger partial charge >= 0.3 is 11.9 Å². The van der Waals surface area contributed by atoms with Gasteiger partial charge in [0.2, 0.25) is 0 Å². The summed E-state index contributed by atoms with van der Waals surface area (Å²) in [4.78, 5) is 23.5. The van der Waals surface area contributed by atoms with Crippen LogP contribution in [0.25, 0.3) is 0 Å². The van der Waals surface area contributed by atoms with E-state index in [0.717, 1.165) is 0 Å². The minimum Gasteiger partial charge on any atom is -0.459 e. The first-order valence-electron chi connectivity index (χ1n) is 7.32. The maximum Gasteiger partial charge on any atom is 0.306 e. The summed E-state index contributed by atoms with van der Waals surface area (Å²) in [7, 11) is 0. The van der Waals surface area contributed by atoms with E-state index in [9.17, 15) is 9.59 Å². The molecule has 0 N–H and O–H groups in total. The van der Waals surface area contributed by atoms with Crippen LogP contribution in [-0.2, 0) is 19.1 Å². The molecule has 0 unspecified atom stereocenters. The Kier molecular flexibility index (Phi) is 6.72. The summed E-state index contributed by atoms with van der Waals surface area (Å²) in [6.45, 7) is 15.5. The molecule has 0 aliphatic rings. The molecule has 0 fully saturated rings. The highest BCUT2D eigenvalue weighted by molar-refractivity contribution is 5.78. The predicted octanol–water partition coefficient (Wildman–Crippen LogP) is 3.72. The molecule has 0 amide bonds. The Labute approximate surface area is 123 Å². The lowest BCUT2D eigenvalue weighted by Gasteiger charge is -2.30. The highest BCUT2D eigenvalue weighted by Gasteiger charge is 2.29. The fraction of sp³-hybridized carbons (Fsp3) is 0.875. The van der Waals surface area contributed by atoms with Gasteiger partial charge in [-0.25, -0.2) is 0 Å². The van der Waals surface area contributed by atoms with Crippen LogP contribution in [-0.4, -0.2) is 23.1 Å². The van der Waals surface area contributed by atoms with Crippen molar-refractivity contribution in [3.05, 3.63) is 0 Å². The Morgan fingerprint density at radius 1 is 0.750 bits per heavy atom. The van der Waals surface area contributed by atoms with Crippen molar-refractivity contribution in [2.75, 3.05) is 0 Å². The van der Waals surface area contributed by atoms with Gasteiger partial charge < -0.3 is 9.47 Å². The van der Waals surface area contributed by atoms with Crippen LogP contribution in [0.2, 0.25) is 0 Å². The highest BCUT2D eigenvalue weighted by atomic mass is 16.6. The number of rotatable bonds is 7. The van der Waals surface area contributed by atoms with Crippen LogP contribution >= 0.6 is 0 Å². The molecule has 0 aromatic carbocycles. The summed E-state index contributed by atoms with van der Waals surface area (Å²) in [5.41, 5.74) is -1.03. The molecule has 0 aromatic rings. The quantitative estimate of drug-likeness (QED) is 0.669. The van der Waals surface area contributed by atoms with E-state index in [2.05, 4.69) is 0 Å². The minimum atomic E-state index is -0.516. The predicted molar refractivity (Wildman–Crippen MR) is 79.3 cm³/mol. The number of hydrogen-bond acceptors (Lipinski definition) is 4. The molecule has 4 heteroatoms. The molecule has 0 saturated carbocycles. The summed E-state index contributed by atoms with van der Waals surface area (Å²) >= 11 is 0. The molecule has 118 valence electrons. The monoisotopic (exact) mass is 286 g/mol. The van der Waals surface area contributed by atoms with Crippen LogP contribution in [0.1, 0.15) is 68.2 Å². The second kappa shape index (κ2) is 7.09. The maximum absolute atomic E-state index is 11.7. The second-order valence-electron chi connectivity index (χ2n) is 6.96. The lowest BCUT2D eigenvalue weighted by molar-refractivity contribution is -0.167. The second-order valence-corrected chi connectivity index (χ2v) is 6.96. The van der Waals surface area contributed by atoms with Gasteiger partial charge in [-0.3, -0.25) is 9.59 Å². The summed E-state index contributed by atoms with van der Waals surface area (Å²) < 4.78 is 10.8. The van der Waals surface area contributed by atoms with Gasteiger partial charge in [-0.05, 0) is 39.5 Å². The van der Waals surface area contributed by atoms with E-state index in [1.54, 1.807) is 0 Å². The highest BCUT2D eigenvalue weighted by Crippen LogP contribution is 2.23. The van der Waals surface area contributed by atoms with Gasteiger partial charge in [0, 0.05) is 0 Å². The standard InChI is InChI=1S/C16H30O4/c1-11(2)15(5,6)19-13(17)9-10-14(18)20-16(7,8)12(3)4/h11-12H,9-10H2,1-8H3. The normalized spacial score (nSPS) is 12.7. The van der Waals surface area contributed by atoms with Crippen molar-refractivity contribution in [3.63, 3.8) is 0 Å². The first-order valence-corrected chi connectivity index (χ1v) is 7.32. The average molecular weight is 286 g/mol. The third kappa shape index (κ3) is 6.40. The zero-order chi connectivity index (χ0) is 16.1. The van der Waals surface area contributed by atoms with E-state index < -0.39 is 11.2 Å². The van der Waals surface area contributed by atoms with E-state index in [-0.39, 0.29) is 36.6 Å². The Morgan fingerprint density at radius 3 is 1.20 bits per heavy atom. The molecular formula is C16H30O4. The molecular weight excluding hydrogens is 256 g/mol. The van der Waals surface area contributed by atoms with Gasteiger partial charge in [-0.2, -0.15) is 0 Å². The van der Waals surface area contributed by atoms with Gasteiger partial charge in [-0.1, -0.05) is 27.7 Å². The Hall–Kier alpha value is -1.06. The first-order chi connectivity index (χ1) is 8.88. The van der Waals surface area contributed by atoms with Gasteiger partial charge in [0.1, 0.15) is 11.2 Å². The molecule has 0 radical (unpaired) electrons. The molecule has 0 atom stereocenters. The van der Waals surface area contributed by atoms with Crippen LogP contribution in [0.4, 0.5) is 0 Å². The van der Waals surface area contributed by atoms with Crippen molar-refractivity contribution < 1.29 is 19.1 Å². The summed E-state index contributed by atoms with van der Waals surface area (Å²) in [6, 6.07) is 0. The first kappa shape index (κ1) is 18.9. The number of carbonyl (C=O) groups is 2. The topological polar surface area (TPSA) is 52.6 Å². The number of ether oxygens (including phenoxy) is 2. The molecule has 0 spiro atoms. The van der Waals surface area contributed by atoms with Crippen molar-refractivity contribution in [1.82, 2.24) is 0 Å². The lowest BCUT2D eigenvalue weighted by Crippen LogP contribution is -2.35. The fourth-order valence-electron chi connectivity index (χ4n) is 1.13. The Balaban J connectivity index is 4.24. The molecule has 4 nitrogen and oxygen atoms in total. The molecule has 0 bridgehead atoms. The van der Waals surface area contributed by atoms with Gasteiger partial charge in [0.25, 0.3) is 0 Å². The van der Waals surface area contributed by atoms with Crippen LogP contribution < -0.4 is 0 Å². The summed E-state index contributed by atoms with van der Waals surface area (Å²) in [5.74, 6) is -0.275. The van der Waals surface area contributed by atoms with E-state index in [0.29, 0.717) is 0 Å². The smallest absolute Gasteiger partial charge is 0.306 e. The zero-order valence-electron chi connectivity index (χ0n) is 14.2. The van der Waals surface area contributed by atoms with E-state index in [1.807, 2.05) is 55.4 Å². The summed E-state index contributed by atoms with van der Waals surface area (Å²) in [5, 5.41) is 0. The molecule has 0 aliphatic carbocycles. The molecule has 0 saturated heterocycles. The van der Waals surface area contributed by atoms with E-state index in [4.69, 9.17) is 9.47 Å². The molecule has 20 heavy (non-hydrogen) atoms. The van der Waals surface area contributed by atoms with Crippen molar-refractivity contribution >= 4 is 11.9 Å². The van der Waals surface area contributed by atoms with Crippen LogP contribution in [0.5, 0.6) is 0 Å². The molecule has 0 heterocycles. The third-order valence-electron chi connectivity index (χ3n) is 4.07. The maximum atomic E-state index is 11.7. The Morgan fingerprint density at radius 2 is 1.00 bits per heavy atom. The van der Waals surface area contributed by atoms with Crippen LogP contribution in [0, 0.1) is 11.8 Å². The van der Waals surface area contributed by atoms with Gasteiger partial charge in [0.05, 0.1) is 12.8 Å². The van der Waals surface area contributed by atoms with E-state index in [1.165, 1.54) is 0 Å². The zero-order valence-corrected chi connectivity index (χ0v) is 14.2. The van der Waals surface area contributed by atoms with E-state index >= 15 is 0 Å². The van der Waals surface area contributed by atoms with Crippen molar-refractivity contribution in [1.29, 1.82) is 0 Å². The lowest BCUT2D eigenvalue weighted by atomic mass is 9.94. The molecule has 0 rings (SSSR count). The fourth-order valence-corrected chi connectivity index (χ4v) is 1.13. The summed E-state index contributed by atoms with van der Waals surface area (Å²) in [6.07, 6.45) is 0.117. The average Bonchev–Trinajstić information content (AvgIpc) is 2.24. The molecule has 0 aromatic heterocycles. The van der Waals surface area contributed by atoms with Crippen molar-refractivity contribution in [2.45, 2.75) is 79.4 Å². The van der Waals surface area contributed by atoms with Gasteiger partial charge in [-0.15, -0.1) is 0 Å². The minimum absolute atomic E-state index is 0.0587. The number of esters is 2. The van der Waals surface area contributed by atoms with Crippen LogP contribution in [0.15, 0.2) is 0 Å². The molecule has 0 aliphatic heterocycles. The van der Waals surface area contributed by atoms with Crippen molar-refractivity contribution in [2.24, 2.45) is 11.8 Å². The Bertz CT molecular complexity index is 306. The van der Waals surface area contributed by atoms with Crippen LogP contribution in [0.3, 0.4) is 0 Å².